The number of halogens is 1. The largest absolute Gasteiger partial charge is 0.389 e. The number of rotatable bonds is 6. The molecule has 0 fully saturated rings. The van der Waals surface area contributed by atoms with E-state index in [0.29, 0.717) is 16.7 Å². The van der Waals surface area contributed by atoms with E-state index in [2.05, 4.69) is 10.6 Å². The molecule has 1 amide bonds. The molecule has 2 aromatic rings. The molecule has 134 valence electrons. The predicted molar refractivity (Wildman–Crippen MR) is 96.8 cm³/mol. The van der Waals surface area contributed by atoms with Gasteiger partial charge in [-0.25, -0.2) is 4.39 Å². The van der Waals surface area contributed by atoms with Crippen molar-refractivity contribution in [1.29, 1.82) is 0 Å². The summed E-state index contributed by atoms with van der Waals surface area (Å²) in [6, 6.07) is 13.6. The lowest BCUT2D eigenvalue weighted by atomic mass is 9.90. The number of ketones is 1. The van der Waals surface area contributed by atoms with Crippen LogP contribution in [0.25, 0.3) is 5.57 Å². The number of fused-ring (bicyclic) bond motifs is 1. The van der Waals surface area contributed by atoms with Crippen molar-refractivity contribution in [2.75, 3.05) is 18.5 Å². The van der Waals surface area contributed by atoms with Crippen molar-refractivity contribution in [2.24, 2.45) is 0 Å². The molecule has 26 heavy (non-hydrogen) atoms. The molecular formula is C20H19FN2O3. The van der Waals surface area contributed by atoms with Gasteiger partial charge in [-0.05, 0) is 17.7 Å². The third-order valence-corrected chi connectivity index (χ3v) is 4.29. The van der Waals surface area contributed by atoms with Gasteiger partial charge in [-0.3, -0.25) is 9.59 Å². The Balaban J connectivity index is 1.87. The summed E-state index contributed by atoms with van der Waals surface area (Å²) in [6.07, 6.45) is -0.0301. The number of para-hydroxylation sites is 1. The first-order valence-electron chi connectivity index (χ1n) is 8.29. The van der Waals surface area contributed by atoms with Gasteiger partial charge < -0.3 is 15.7 Å². The summed E-state index contributed by atoms with van der Waals surface area (Å²) >= 11 is 0. The third-order valence-electron chi connectivity index (χ3n) is 4.29. The van der Waals surface area contributed by atoms with Crippen LogP contribution in [-0.4, -0.2) is 29.9 Å². The molecule has 0 unspecified atom stereocenters. The molecule has 0 radical (unpaired) electrons. The molecule has 3 N–H and O–H groups in total. The Morgan fingerprint density at radius 1 is 1.12 bits per heavy atom. The summed E-state index contributed by atoms with van der Waals surface area (Å²) in [5.41, 5.74) is 2.99. The van der Waals surface area contributed by atoms with E-state index < -0.39 is 6.61 Å². The van der Waals surface area contributed by atoms with Crippen LogP contribution < -0.4 is 10.6 Å². The number of carbonyl (C=O) groups excluding carboxylic acids is 2. The van der Waals surface area contributed by atoms with Crippen LogP contribution >= 0.6 is 0 Å². The first-order chi connectivity index (χ1) is 12.6. The predicted octanol–water partition coefficient (Wildman–Crippen LogP) is 2.27. The van der Waals surface area contributed by atoms with Crippen molar-refractivity contribution in [3.63, 3.8) is 0 Å². The summed E-state index contributed by atoms with van der Waals surface area (Å²) < 4.78 is 13.7. The first kappa shape index (κ1) is 17.8. The number of anilines is 1. The topological polar surface area (TPSA) is 78.4 Å². The van der Waals surface area contributed by atoms with Crippen molar-refractivity contribution < 1.29 is 19.1 Å². The maximum atomic E-state index is 13.7. The van der Waals surface area contributed by atoms with Crippen molar-refractivity contribution in [3.05, 3.63) is 71.0 Å². The Labute approximate surface area is 150 Å². The molecule has 1 heterocycles. The second kappa shape index (κ2) is 7.93. The average Bonchev–Trinajstić information content (AvgIpc) is 2.67. The second-order valence-electron chi connectivity index (χ2n) is 6.00. The molecule has 0 bridgehead atoms. The maximum absolute atomic E-state index is 13.7. The number of aliphatic hydroxyl groups is 1. The number of nitrogens with one attached hydrogen (secondary N) is 2. The Morgan fingerprint density at radius 3 is 2.62 bits per heavy atom. The molecule has 1 aliphatic heterocycles. The quantitative estimate of drug-likeness (QED) is 0.744. The van der Waals surface area contributed by atoms with Gasteiger partial charge in [0.2, 0.25) is 5.91 Å². The Kier molecular flexibility index (Phi) is 5.43. The van der Waals surface area contributed by atoms with Gasteiger partial charge in [0.05, 0.1) is 0 Å². The monoisotopic (exact) mass is 354 g/mol. The average molecular weight is 354 g/mol. The van der Waals surface area contributed by atoms with Gasteiger partial charge >= 0.3 is 0 Å². The molecular weight excluding hydrogens is 335 g/mol. The van der Waals surface area contributed by atoms with Gasteiger partial charge in [-0.2, -0.15) is 0 Å². The SMILES string of the molecule is O=C(CO)CC1=C(C(=O)NCc2ccccc2F)CNc2ccccc21. The zero-order valence-electron chi connectivity index (χ0n) is 14.1. The molecule has 0 saturated carbocycles. The van der Waals surface area contributed by atoms with Crippen LogP contribution in [0.5, 0.6) is 0 Å². The van der Waals surface area contributed by atoms with Gasteiger partial charge in [-0.15, -0.1) is 0 Å². The first-order valence-corrected chi connectivity index (χ1v) is 8.29. The standard InChI is InChI=1S/C20H19FN2O3/c21-18-7-3-1-5-13(18)10-23-20(26)17-11-22-19-8-4-2-6-15(19)16(17)9-14(25)12-24/h1-8,22,24H,9-12H2,(H,23,26). The lowest BCUT2D eigenvalue weighted by Gasteiger charge is -2.24. The summed E-state index contributed by atoms with van der Waals surface area (Å²) in [6.45, 7) is -0.269. The van der Waals surface area contributed by atoms with E-state index in [1.807, 2.05) is 24.3 Å². The summed E-state index contributed by atoms with van der Waals surface area (Å²) in [4.78, 5) is 24.5. The minimum absolute atomic E-state index is 0.0301. The van der Waals surface area contributed by atoms with Gasteiger partial charge in [0, 0.05) is 41.9 Å². The minimum Gasteiger partial charge on any atom is -0.389 e. The van der Waals surface area contributed by atoms with E-state index in [-0.39, 0.29) is 37.0 Å². The zero-order valence-corrected chi connectivity index (χ0v) is 14.1. The fraction of sp³-hybridized carbons (Fsp3) is 0.200. The number of hydrogen-bond acceptors (Lipinski definition) is 4. The Morgan fingerprint density at radius 2 is 1.85 bits per heavy atom. The molecule has 0 saturated heterocycles. The lowest BCUT2D eigenvalue weighted by Crippen LogP contribution is -2.31. The highest BCUT2D eigenvalue weighted by Gasteiger charge is 2.24. The van der Waals surface area contributed by atoms with Crippen molar-refractivity contribution >= 4 is 23.0 Å². The Bertz CT molecular complexity index is 877. The van der Waals surface area contributed by atoms with Crippen LogP contribution in [0.3, 0.4) is 0 Å². The molecule has 0 spiro atoms. The number of allylic oxidation sites excluding steroid dienone is 1. The van der Waals surface area contributed by atoms with E-state index >= 15 is 0 Å². The number of amides is 1. The van der Waals surface area contributed by atoms with Crippen LogP contribution in [0.15, 0.2) is 54.1 Å². The number of Topliss-reactive ketones (excluding diaryl/α,β-unsaturated/α-hetero) is 1. The molecule has 0 atom stereocenters. The molecule has 2 aromatic carbocycles. The zero-order chi connectivity index (χ0) is 18.5. The van der Waals surface area contributed by atoms with Crippen molar-refractivity contribution in [3.8, 4) is 0 Å². The lowest BCUT2D eigenvalue weighted by molar-refractivity contribution is -0.120. The normalized spacial score (nSPS) is 13.0. The van der Waals surface area contributed by atoms with Crippen LogP contribution in [0.4, 0.5) is 10.1 Å². The summed E-state index contributed by atoms with van der Waals surface area (Å²) in [5.74, 6) is -1.11. The summed E-state index contributed by atoms with van der Waals surface area (Å²) in [5, 5.41) is 15.0. The van der Waals surface area contributed by atoms with Gasteiger partial charge in [0.25, 0.3) is 0 Å². The highest BCUT2D eigenvalue weighted by molar-refractivity contribution is 6.08. The van der Waals surface area contributed by atoms with Gasteiger partial charge in [0.1, 0.15) is 12.4 Å². The van der Waals surface area contributed by atoms with E-state index in [4.69, 9.17) is 5.11 Å². The van der Waals surface area contributed by atoms with Gasteiger partial charge in [0.15, 0.2) is 5.78 Å². The molecule has 1 aliphatic rings. The Hall–Kier alpha value is -2.99. The van der Waals surface area contributed by atoms with Crippen LogP contribution in [0.2, 0.25) is 0 Å². The van der Waals surface area contributed by atoms with Crippen molar-refractivity contribution in [1.82, 2.24) is 5.32 Å². The minimum atomic E-state index is -0.580. The molecule has 0 aromatic heterocycles. The van der Waals surface area contributed by atoms with Crippen LogP contribution in [-0.2, 0) is 16.1 Å². The highest BCUT2D eigenvalue weighted by atomic mass is 19.1. The van der Waals surface area contributed by atoms with E-state index in [9.17, 15) is 14.0 Å². The molecule has 5 nitrogen and oxygen atoms in total. The van der Waals surface area contributed by atoms with E-state index in [0.717, 1.165) is 11.3 Å². The fourth-order valence-electron chi connectivity index (χ4n) is 2.95. The van der Waals surface area contributed by atoms with E-state index in [1.165, 1.54) is 6.07 Å². The molecule has 6 heteroatoms. The van der Waals surface area contributed by atoms with Crippen LogP contribution in [0.1, 0.15) is 17.5 Å². The third kappa shape index (κ3) is 3.81. The van der Waals surface area contributed by atoms with E-state index in [1.54, 1.807) is 18.2 Å². The van der Waals surface area contributed by atoms with Crippen LogP contribution in [0, 0.1) is 5.82 Å². The van der Waals surface area contributed by atoms with Crippen molar-refractivity contribution in [2.45, 2.75) is 13.0 Å². The molecule has 0 aliphatic carbocycles. The maximum Gasteiger partial charge on any atom is 0.249 e. The number of aliphatic hydroxyl groups excluding tert-OH is 1. The number of benzene rings is 2. The smallest absolute Gasteiger partial charge is 0.249 e. The molecule has 3 rings (SSSR count). The number of hydrogen-bond donors (Lipinski definition) is 3. The second-order valence-corrected chi connectivity index (χ2v) is 6.00. The highest BCUT2D eigenvalue weighted by Crippen LogP contribution is 2.33. The summed E-state index contributed by atoms with van der Waals surface area (Å²) in [7, 11) is 0. The van der Waals surface area contributed by atoms with Gasteiger partial charge in [-0.1, -0.05) is 36.4 Å². The number of carbonyl (C=O) groups is 2. The fourth-order valence-corrected chi connectivity index (χ4v) is 2.95.